The number of hydrogen-bond acceptors (Lipinski definition) is 6. The first-order valence-electron chi connectivity index (χ1n) is 5.44. The number of hydrogen-bond donors (Lipinski definition) is 4. The predicted octanol–water partition coefficient (Wildman–Crippen LogP) is -1.86. The Labute approximate surface area is 98.0 Å². The Bertz CT molecular complexity index is 335. The van der Waals surface area contributed by atoms with Crippen LogP contribution in [-0.2, 0) is 4.74 Å². The predicted molar refractivity (Wildman–Crippen MR) is 57.8 cm³/mol. The molecule has 0 bridgehead atoms. The number of aliphatic hydroxyl groups excluding tert-OH is 2. The van der Waals surface area contributed by atoms with E-state index in [0.717, 1.165) is 0 Å². The molecule has 2 heterocycles. The number of carbonyl (C=O) groups is 1. The molecule has 2 rings (SSSR count). The summed E-state index contributed by atoms with van der Waals surface area (Å²) in [6.45, 7) is 0.167. The molecule has 17 heavy (non-hydrogen) atoms. The molecule has 5 N–H and O–H groups in total. The van der Waals surface area contributed by atoms with Gasteiger partial charge in [0.2, 0.25) is 0 Å². The molecule has 0 aromatic heterocycles. The zero-order chi connectivity index (χ0) is 12.4. The Morgan fingerprint density at radius 1 is 1.65 bits per heavy atom. The second kappa shape index (κ2) is 4.86. The molecule has 0 aromatic carbocycles. The molecule has 0 spiro atoms. The van der Waals surface area contributed by atoms with E-state index < -0.39 is 18.4 Å². The van der Waals surface area contributed by atoms with Crippen molar-refractivity contribution in [1.29, 1.82) is 0 Å². The standard InChI is InChI=1S/C9H16N4O4/c10-12-7-1-2-13(9(16)11-7)8-3-5(15)6(4-14)17-8/h5-6,8,14-15H,1-4,10H2,(H,11,12,16). The van der Waals surface area contributed by atoms with Crippen molar-refractivity contribution in [2.45, 2.75) is 31.3 Å². The lowest BCUT2D eigenvalue weighted by molar-refractivity contribution is -0.0641. The van der Waals surface area contributed by atoms with E-state index in [0.29, 0.717) is 25.2 Å². The van der Waals surface area contributed by atoms with Gasteiger partial charge in [-0.05, 0) is 0 Å². The number of nitrogens with one attached hydrogen (secondary N) is 1. The van der Waals surface area contributed by atoms with Gasteiger partial charge in [0.25, 0.3) is 0 Å². The van der Waals surface area contributed by atoms with Crippen molar-refractivity contribution in [2.24, 2.45) is 10.9 Å². The van der Waals surface area contributed by atoms with Gasteiger partial charge in [-0.3, -0.25) is 10.2 Å². The lowest BCUT2D eigenvalue weighted by Crippen LogP contribution is -2.53. The minimum Gasteiger partial charge on any atom is -0.394 e. The van der Waals surface area contributed by atoms with E-state index in [1.165, 1.54) is 4.90 Å². The van der Waals surface area contributed by atoms with Crippen LogP contribution >= 0.6 is 0 Å². The summed E-state index contributed by atoms with van der Waals surface area (Å²) in [6, 6.07) is -0.351. The number of hydrazone groups is 1. The Morgan fingerprint density at radius 3 is 2.94 bits per heavy atom. The van der Waals surface area contributed by atoms with Gasteiger partial charge in [-0.25, -0.2) is 4.79 Å². The quantitative estimate of drug-likeness (QED) is 0.335. The third-order valence-electron chi connectivity index (χ3n) is 2.99. The van der Waals surface area contributed by atoms with Gasteiger partial charge in [0.05, 0.1) is 12.7 Å². The average molecular weight is 244 g/mol. The van der Waals surface area contributed by atoms with Crippen LogP contribution in [0.15, 0.2) is 5.10 Å². The molecule has 2 amide bonds. The van der Waals surface area contributed by atoms with Crippen molar-refractivity contribution >= 4 is 11.9 Å². The molecule has 0 aliphatic carbocycles. The van der Waals surface area contributed by atoms with Crippen molar-refractivity contribution in [3.8, 4) is 0 Å². The summed E-state index contributed by atoms with van der Waals surface area (Å²) in [7, 11) is 0. The SMILES string of the molecule is NN=C1CCN(C2CC(O)C(CO)O2)C(=O)N1. The maximum absolute atomic E-state index is 11.7. The van der Waals surface area contributed by atoms with E-state index >= 15 is 0 Å². The Balaban J connectivity index is 1.98. The fraction of sp³-hybridized carbons (Fsp3) is 0.778. The highest BCUT2D eigenvalue weighted by atomic mass is 16.5. The van der Waals surface area contributed by atoms with Gasteiger partial charge in [0.1, 0.15) is 18.2 Å². The van der Waals surface area contributed by atoms with Crippen molar-refractivity contribution < 1.29 is 19.7 Å². The van der Waals surface area contributed by atoms with Gasteiger partial charge < -0.3 is 20.8 Å². The fourth-order valence-electron chi connectivity index (χ4n) is 2.03. The van der Waals surface area contributed by atoms with Crippen LogP contribution in [0.4, 0.5) is 4.79 Å². The van der Waals surface area contributed by atoms with E-state index in [9.17, 15) is 9.90 Å². The van der Waals surface area contributed by atoms with Crippen LogP contribution in [0.3, 0.4) is 0 Å². The molecular formula is C9H16N4O4. The number of nitrogens with two attached hydrogens (primary N) is 1. The number of aliphatic hydroxyl groups is 2. The second-order valence-corrected chi connectivity index (χ2v) is 4.06. The van der Waals surface area contributed by atoms with Gasteiger partial charge in [-0.1, -0.05) is 0 Å². The number of rotatable bonds is 2. The maximum atomic E-state index is 11.7. The minimum absolute atomic E-state index is 0.261. The molecular weight excluding hydrogens is 228 g/mol. The van der Waals surface area contributed by atoms with Gasteiger partial charge in [0.15, 0.2) is 0 Å². The molecule has 96 valence electrons. The molecule has 0 aromatic rings. The molecule has 2 fully saturated rings. The van der Waals surface area contributed by atoms with Gasteiger partial charge >= 0.3 is 6.03 Å². The van der Waals surface area contributed by atoms with Crippen molar-refractivity contribution in [3.63, 3.8) is 0 Å². The summed E-state index contributed by atoms with van der Waals surface area (Å²) in [5, 5.41) is 24.5. The van der Waals surface area contributed by atoms with Crippen LogP contribution < -0.4 is 11.2 Å². The summed E-state index contributed by atoms with van der Waals surface area (Å²) in [4.78, 5) is 13.2. The molecule has 2 aliphatic rings. The number of amidine groups is 1. The third kappa shape index (κ3) is 2.33. The summed E-state index contributed by atoms with van der Waals surface area (Å²) in [5.74, 6) is 5.51. The van der Waals surface area contributed by atoms with E-state index in [1.54, 1.807) is 0 Å². The lowest BCUT2D eigenvalue weighted by atomic mass is 10.2. The number of ether oxygens (including phenoxy) is 1. The first-order valence-corrected chi connectivity index (χ1v) is 5.44. The third-order valence-corrected chi connectivity index (χ3v) is 2.99. The molecule has 3 atom stereocenters. The Kier molecular flexibility index (Phi) is 3.46. The largest absolute Gasteiger partial charge is 0.394 e. The van der Waals surface area contributed by atoms with Crippen LogP contribution in [0, 0.1) is 0 Å². The zero-order valence-corrected chi connectivity index (χ0v) is 9.24. The molecule has 3 unspecified atom stereocenters. The molecule has 0 radical (unpaired) electrons. The Hall–Kier alpha value is -1.38. The summed E-state index contributed by atoms with van der Waals surface area (Å²) in [6.07, 6.45) is -1.07. The number of amides is 2. The van der Waals surface area contributed by atoms with Crippen molar-refractivity contribution in [1.82, 2.24) is 10.2 Å². The van der Waals surface area contributed by atoms with E-state index in [-0.39, 0.29) is 12.6 Å². The van der Waals surface area contributed by atoms with Crippen LogP contribution in [0.25, 0.3) is 0 Å². The van der Waals surface area contributed by atoms with Crippen molar-refractivity contribution in [3.05, 3.63) is 0 Å². The molecule has 0 saturated carbocycles. The van der Waals surface area contributed by atoms with Crippen LogP contribution in [0.5, 0.6) is 0 Å². The van der Waals surface area contributed by atoms with Crippen molar-refractivity contribution in [2.75, 3.05) is 13.2 Å². The van der Waals surface area contributed by atoms with Crippen LogP contribution in [0.2, 0.25) is 0 Å². The average Bonchev–Trinajstić information content (AvgIpc) is 2.70. The number of urea groups is 1. The number of nitrogens with zero attached hydrogens (tertiary/aromatic N) is 2. The molecule has 2 aliphatic heterocycles. The first-order chi connectivity index (χ1) is 8.15. The lowest BCUT2D eigenvalue weighted by Gasteiger charge is -2.32. The fourth-order valence-corrected chi connectivity index (χ4v) is 2.03. The normalized spacial score (nSPS) is 36.4. The highest BCUT2D eigenvalue weighted by Gasteiger charge is 2.39. The molecule has 2 saturated heterocycles. The molecule has 8 nitrogen and oxygen atoms in total. The maximum Gasteiger partial charge on any atom is 0.324 e. The van der Waals surface area contributed by atoms with Gasteiger partial charge in [-0.15, -0.1) is 0 Å². The highest BCUT2D eigenvalue weighted by Crippen LogP contribution is 2.24. The topological polar surface area (TPSA) is 120 Å². The summed E-state index contributed by atoms with van der Waals surface area (Å²) < 4.78 is 5.40. The van der Waals surface area contributed by atoms with E-state index in [2.05, 4.69) is 10.4 Å². The first kappa shape index (κ1) is 12.1. The summed E-state index contributed by atoms with van der Waals surface area (Å²) >= 11 is 0. The second-order valence-electron chi connectivity index (χ2n) is 4.06. The monoisotopic (exact) mass is 244 g/mol. The van der Waals surface area contributed by atoms with Crippen LogP contribution in [-0.4, -0.2) is 58.6 Å². The molecule has 8 heteroatoms. The number of carbonyl (C=O) groups excluding carboxylic acids is 1. The zero-order valence-electron chi connectivity index (χ0n) is 9.24. The minimum atomic E-state index is -0.748. The summed E-state index contributed by atoms with van der Waals surface area (Å²) in [5.41, 5.74) is 0. The highest BCUT2D eigenvalue weighted by molar-refractivity contribution is 5.99. The van der Waals surface area contributed by atoms with Gasteiger partial charge in [-0.2, -0.15) is 5.10 Å². The van der Waals surface area contributed by atoms with E-state index in [1.807, 2.05) is 0 Å². The van der Waals surface area contributed by atoms with Gasteiger partial charge in [0, 0.05) is 19.4 Å². The van der Waals surface area contributed by atoms with Crippen LogP contribution in [0.1, 0.15) is 12.8 Å². The Morgan fingerprint density at radius 2 is 2.41 bits per heavy atom. The smallest absolute Gasteiger partial charge is 0.324 e. The van der Waals surface area contributed by atoms with E-state index in [4.69, 9.17) is 15.7 Å².